The third-order valence-electron chi connectivity index (χ3n) is 3.71. The Labute approximate surface area is 142 Å². The number of nitrogens with zero attached hydrogens (tertiary/aromatic N) is 1. The smallest absolute Gasteiger partial charge is 0.274 e. The summed E-state index contributed by atoms with van der Waals surface area (Å²) in [5.41, 5.74) is -0.485. The lowest BCUT2D eigenvalue weighted by Gasteiger charge is -2.20. The molecule has 1 aliphatic rings. The minimum absolute atomic E-state index is 0.186. The van der Waals surface area contributed by atoms with E-state index in [2.05, 4.69) is 4.99 Å². The fourth-order valence-electron chi connectivity index (χ4n) is 2.32. The van der Waals surface area contributed by atoms with Gasteiger partial charge < -0.3 is 0 Å². The molecule has 0 saturated carbocycles. The van der Waals surface area contributed by atoms with Gasteiger partial charge in [0.15, 0.2) is 0 Å². The van der Waals surface area contributed by atoms with Crippen LogP contribution in [0.5, 0.6) is 0 Å². The molecule has 1 aromatic carbocycles. The molecule has 0 bridgehead atoms. The van der Waals surface area contributed by atoms with Crippen LogP contribution in [0, 0.1) is 10.2 Å². The van der Waals surface area contributed by atoms with Gasteiger partial charge in [-0.2, -0.15) is 13.2 Å². The second kappa shape index (κ2) is 6.09. The molecule has 126 valence electrons. The topological polar surface area (TPSA) is 36.2 Å². The van der Waals surface area contributed by atoms with Crippen molar-refractivity contribution < 1.29 is 13.2 Å². The zero-order valence-electron chi connectivity index (χ0n) is 13.4. The van der Waals surface area contributed by atoms with Gasteiger partial charge in [-0.05, 0) is 40.7 Å². The minimum atomic E-state index is -4.38. The maximum absolute atomic E-state index is 12.9. The van der Waals surface area contributed by atoms with Crippen LogP contribution in [0.3, 0.4) is 0 Å². The van der Waals surface area contributed by atoms with Gasteiger partial charge in [0, 0.05) is 5.25 Å². The first-order chi connectivity index (χ1) is 10.4. The molecular formula is C16H19F3N2S2. The minimum Gasteiger partial charge on any atom is -0.274 e. The first kappa shape index (κ1) is 18.3. The molecule has 1 heterocycles. The van der Waals surface area contributed by atoms with Crippen LogP contribution >= 0.6 is 12.2 Å². The summed E-state index contributed by atoms with van der Waals surface area (Å²) in [6.45, 7) is 7.72. The van der Waals surface area contributed by atoms with Crippen molar-refractivity contribution in [1.82, 2.24) is 0 Å². The van der Waals surface area contributed by atoms with Crippen LogP contribution in [-0.2, 0) is 16.9 Å². The molecule has 0 aliphatic carbocycles. The molecule has 0 aromatic heterocycles. The van der Waals surface area contributed by atoms with Gasteiger partial charge in [-0.3, -0.25) is 9.77 Å². The lowest BCUT2D eigenvalue weighted by atomic mass is 9.92. The zero-order valence-corrected chi connectivity index (χ0v) is 15.0. The third-order valence-corrected chi connectivity index (χ3v) is 6.37. The highest BCUT2D eigenvalue weighted by atomic mass is 32.2. The van der Waals surface area contributed by atoms with Crippen LogP contribution in [0.1, 0.15) is 44.9 Å². The Balaban J connectivity index is 2.43. The van der Waals surface area contributed by atoms with E-state index >= 15 is 0 Å². The van der Waals surface area contributed by atoms with Gasteiger partial charge >= 0.3 is 6.18 Å². The van der Waals surface area contributed by atoms with Gasteiger partial charge in [0.1, 0.15) is 5.04 Å². The Morgan fingerprint density at radius 1 is 1.26 bits per heavy atom. The molecule has 23 heavy (non-hydrogen) atoms. The number of hydrogen-bond donors (Lipinski definition) is 1. The van der Waals surface area contributed by atoms with Gasteiger partial charge in [0.25, 0.3) is 0 Å². The van der Waals surface area contributed by atoms with Gasteiger partial charge in [-0.25, -0.2) is 0 Å². The van der Waals surface area contributed by atoms with Crippen LogP contribution in [0.2, 0.25) is 0 Å². The molecule has 1 N–H and O–H groups in total. The lowest BCUT2D eigenvalue weighted by molar-refractivity contribution is -0.137. The molecule has 1 aromatic rings. The first-order valence-electron chi connectivity index (χ1n) is 7.17. The van der Waals surface area contributed by atoms with Crippen molar-refractivity contribution in [3.8, 4) is 0 Å². The Hall–Kier alpha value is -1.08. The third kappa shape index (κ3) is 3.71. The van der Waals surface area contributed by atoms with Crippen LogP contribution in [0.25, 0.3) is 0 Å². The van der Waals surface area contributed by atoms with Gasteiger partial charge in [-0.15, -0.1) is 0 Å². The number of nitrogens with one attached hydrogen (secondary N) is 1. The molecule has 2 rings (SSSR count). The molecule has 1 aliphatic heterocycles. The molecular weight excluding hydrogens is 341 g/mol. The number of alkyl halides is 3. The number of benzene rings is 1. The predicted molar refractivity (Wildman–Crippen MR) is 93.2 cm³/mol. The highest BCUT2D eigenvalue weighted by Gasteiger charge is 2.37. The van der Waals surface area contributed by atoms with Crippen molar-refractivity contribution in [3.63, 3.8) is 0 Å². The zero-order chi connectivity index (χ0) is 17.6. The normalized spacial score (nSPS) is 25.3. The standard InChI is InChI=1S/C16H19F3N2S2/c1-9-12(10-6-5-7-11(8-10)16(17,18)19)21-14(23(9)20)13(22)15(2,3)4/h5-9,12,20H,1-4H3. The van der Waals surface area contributed by atoms with Gasteiger partial charge in [0.05, 0.1) is 16.5 Å². The number of hydrogen-bond acceptors (Lipinski definition) is 3. The van der Waals surface area contributed by atoms with Crippen LogP contribution in [-0.4, -0.2) is 15.2 Å². The second-order valence-corrected chi connectivity index (χ2v) is 8.84. The summed E-state index contributed by atoms with van der Waals surface area (Å²) in [5, 5.41) is 0.371. The van der Waals surface area contributed by atoms with Crippen LogP contribution in [0.4, 0.5) is 13.2 Å². The molecule has 0 saturated heterocycles. The van der Waals surface area contributed by atoms with E-state index in [1.165, 1.54) is 6.07 Å². The predicted octanol–water partition coefficient (Wildman–Crippen LogP) is 5.34. The SMILES string of the molecule is CC1C(c2cccc(C(F)(F)F)c2)N=C(C(=S)C(C)(C)C)S1=N. The number of halogens is 3. The summed E-state index contributed by atoms with van der Waals surface area (Å²) in [6, 6.07) is 4.76. The van der Waals surface area contributed by atoms with E-state index < -0.39 is 28.5 Å². The second-order valence-electron chi connectivity index (χ2n) is 6.62. The summed E-state index contributed by atoms with van der Waals surface area (Å²) in [6.07, 6.45) is -4.38. The molecule has 0 radical (unpaired) electrons. The van der Waals surface area contributed by atoms with Crippen molar-refractivity contribution in [3.05, 3.63) is 35.4 Å². The van der Waals surface area contributed by atoms with Crippen molar-refractivity contribution >= 4 is 32.8 Å². The molecule has 7 heteroatoms. The maximum atomic E-state index is 12.9. The van der Waals surface area contributed by atoms with E-state index in [1.807, 2.05) is 27.7 Å². The number of rotatable bonds is 2. The molecule has 2 nitrogen and oxygen atoms in total. The van der Waals surface area contributed by atoms with Crippen LogP contribution < -0.4 is 0 Å². The summed E-state index contributed by atoms with van der Waals surface area (Å²) in [7, 11) is -0.913. The monoisotopic (exact) mass is 360 g/mol. The Kier molecular flexibility index (Phi) is 4.84. The Morgan fingerprint density at radius 2 is 1.87 bits per heavy atom. The average Bonchev–Trinajstić information content (AvgIpc) is 2.73. The fraction of sp³-hybridized carbons (Fsp3) is 0.500. The largest absolute Gasteiger partial charge is 0.416 e. The van der Waals surface area contributed by atoms with Gasteiger partial charge in [0.2, 0.25) is 0 Å². The summed E-state index contributed by atoms with van der Waals surface area (Å²) in [4.78, 5) is 5.17. The quantitative estimate of drug-likeness (QED) is 0.710. The number of aliphatic imine (C=N–C) groups is 1. The summed E-state index contributed by atoms with van der Waals surface area (Å²) in [5.74, 6) is 0. The first-order valence-corrected chi connectivity index (χ1v) is 8.86. The van der Waals surface area contributed by atoms with E-state index in [0.717, 1.165) is 12.1 Å². The van der Waals surface area contributed by atoms with E-state index in [0.29, 0.717) is 15.5 Å². The average molecular weight is 360 g/mol. The van der Waals surface area contributed by atoms with E-state index in [4.69, 9.17) is 17.0 Å². The molecule has 0 fully saturated rings. The van der Waals surface area contributed by atoms with E-state index in [9.17, 15) is 13.2 Å². The van der Waals surface area contributed by atoms with Gasteiger partial charge in [-0.1, -0.05) is 45.1 Å². The molecule has 0 amide bonds. The maximum Gasteiger partial charge on any atom is 0.416 e. The Morgan fingerprint density at radius 3 is 2.39 bits per heavy atom. The van der Waals surface area contributed by atoms with Crippen molar-refractivity contribution in [2.45, 2.75) is 45.2 Å². The fourth-order valence-corrected chi connectivity index (χ4v) is 4.20. The summed E-state index contributed by atoms with van der Waals surface area (Å²) < 4.78 is 47.0. The van der Waals surface area contributed by atoms with Crippen molar-refractivity contribution in [2.24, 2.45) is 10.4 Å². The summed E-state index contributed by atoms with van der Waals surface area (Å²) >= 11 is 5.45. The lowest BCUT2D eigenvalue weighted by Crippen LogP contribution is -2.29. The number of thiocarbonyl (C=S) groups is 1. The highest BCUT2D eigenvalue weighted by Crippen LogP contribution is 2.37. The van der Waals surface area contributed by atoms with Crippen molar-refractivity contribution in [2.75, 3.05) is 0 Å². The van der Waals surface area contributed by atoms with E-state index in [1.54, 1.807) is 6.07 Å². The molecule has 3 atom stereocenters. The Bertz CT molecular complexity index is 687. The molecule has 3 unspecified atom stereocenters. The van der Waals surface area contributed by atoms with Crippen molar-refractivity contribution in [1.29, 1.82) is 4.78 Å². The van der Waals surface area contributed by atoms with Crippen LogP contribution in [0.15, 0.2) is 29.3 Å². The highest BCUT2D eigenvalue weighted by molar-refractivity contribution is 8.07. The molecule has 0 spiro atoms. The van der Waals surface area contributed by atoms with E-state index in [-0.39, 0.29) is 10.7 Å².